The summed E-state index contributed by atoms with van der Waals surface area (Å²) < 4.78 is 0. The zero-order valence-electron chi connectivity index (χ0n) is 5.26. The molecule has 58 valence electrons. The maximum Gasteiger partial charge on any atom is 0.420 e. The number of carboxylic acid groups (broad SMARTS) is 1. The molecule has 0 saturated heterocycles. The quantitative estimate of drug-likeness (QED) is 0.243. The fourth-order valence-electron chi connectivity index (χ4n) is 0.204. The first-order chi connectivity index (χ1) is 4.63. The van der Waals surface area contributed by atoms with Gasteiger partial charge in [0.05, 0.1) is 0 Å². The van der Waals surface area contributed by atoms with Crippen LogP contribution in [0.1, 0.15) is 6.92 Å². The summed E-state index contributed by atoms with van der Waals surface area (Å²) in [5, 5.41) is 7.95. The van der Waals surface area contributed by atoms with E-state index in [1.165, 1.54) is 6.92 Å². The molecular formula is C3H8N4O3. The molecule has 0 aromatic rings. The normalized spacial score (nSPS) is 8.50. The Morgan fingerprint density at radius 2 is 1.70 bits per heavy atom. The highest BCUT2D eigenvalue weighted by Gasteiger charge is 1.90. The second kappa shape index (κ2) is 4.53. The molecule has 0 unspecified atom stereocenters. The molecular weight excluding hydrogens is 140 g/mol. The number of amides is 2. The van der Waals surface area contributed by atoms with Gasteiger partial charge in [0.15, 0.2) is 0 Å². The average Bonchev–Trinajstić information content (AvgIpc) is 1.79. The molecule has 0 aromatic carbocycles. The summed E-state index contributed by atoms with van der Waals surface area (Å²) in [5.41, 5.74) is 7.88. The van der Waals surface area contributed by atoms with Gasteiger partial charge in [-0.3, -0.25) is 10.2 Å². The number of carbonyl (C=O) groups is 2. The lowest BCUT2D eigenvalue weighted by Gasteiger charge is -2.04. The maximum atomic E-state index is 10.1. The van der Waals surface area contributed by atoms with E-state index in [4.69, 9.17) is 5.11 Å². The van der Waals surface area contributed by atoms with Gasteiger partial charge in [0.1, 0.15) is 0 Å². The van der Waals surface area contributed by atoms with Crippen LogP contribution in [-0.2, 0) is 4.79 Å². The molecule has 10 heavy (non-hydrogen) atoms. The van der Waals surface area contributed by atoms with Crippen molar-refractivity contribution in [2.75, 3.05) is 0 Å². The summed E-state index contributed by atoms with van der Waals surface area (Å²) in [5.74, 6) is -0.334. The van der Waals surface area contributed by atoms with E-state index in [1.54, 1.807) is 5.43 Å². The summed E-state index contributed by atoms with van der Waals surface area (Å²) in [6, 6.07) is 0. The zero-order valence-corrected chi connectivity index (χ0v) is 5.26. The molecule has 7 nitrogen and oxygen atoms in total. The Bertz CT molecular complexity index is 120. The largest absolute Gasteiger partial charge is 0.464 e. The lowest BCUT2D eigenvalue weighted by atomic mass is 10.8. The average molecular weight is 148 g/mol. The van der Waals surface area contributed by atoms with Gasteiger partial charge in [-0.05, 0) is 0 Å². The second-order valence-electron chi connectivity index (χ2n) is 1.36. The number of hydrazine groups is 3. The van der Waals surface area contributed by atoms with E-state index in [1.807, 2.05) is 5.53 Å². The van der Waals surface area contributed by atoms with E-state index in [2.05, 4.69) is 11.0 Å². The minimum absolute atomic E-state index is 0.334. The molecule has 0 aliphatic heterocycles. The molecule has 0 aliphatic rings. The summed E-state index contributed by atoms with van der Waals surface area (Å²) in [7, 11) is 0. The standard InChI is InChI=1S/C3H8N4O3/c1-2(8)4-6-7-5-3(9)10/h5-7H,1H3,(H,4,8)(H,9,10). The van der Waals surface area contributed by atoms with E-state index in [0.29, 0.717) is 0 Å². The molecule has 0 saturated carbocycles. The van der Waals surface area contributed by atoms with E-state index in [0.717, 1.165) is 0 Å². The number of hydrogen-bond donors (Lipinski definition) is 5. The van der Waals surface area contributed by atoms with Crippen molar-refractivity contribution in [2.45, 2.75) is 6.92 Å². The Morgan fingerprint density at radius 1 is 1.20 bits per heavy atom. The van der Waals surface area contributed by atoms with Crippen LogP contribution in [0.5, 0.6) is 0 Å². The monoisotopic (exact) mass is 148 g/mol. The van der Waals surface area contributed by atoms with Gasteiger partial charge in [-0.25, -0.2) is 10.2 Å². The molecule has 0 aliphatic carbocycles. The smallest absolute Gasteiger partial charge is 0.420 e. The Hall–Kier alpha value is -1.34. The highest BCUT2D eigenvalue weighted by Crippen LogP contribution is 1.50. The fraction of sp³-hybridized carbons (Fsp3) is 0.333. The van der Waals surface area contributed by atoms with Crippen LogP contribution < -0.4 is 21.9 Å². The van der Waals surface area contributed by atoms with E-state index in [-0.39, 0.29) is 5.91 Å². The van der Waals surface area contributed by atoms with Gasteiger partial charge in [0.25, 0.3) is 0 Å². The molecule has 0 radical (unpaired) electrons. The summed E-state index contributed by atoms with van der Waals surface area (Å²) in [6.45, 7) is 1.27. The van der Waals surface area contributed by atoms with E-state index < -0.39 is 6.09 Å². The lowest BCUT2D eigenvalue weighted by molar-refractivity contribution is -0.120. The molecule has 7 heteroatoms. The summed E-state index contributed by atoms with van der Waals surface area (Å²) in [6.07, 6.45) is -1.25. The van der Waals surface area contributed by atoms with Crippen LogP contribution in [0.15, 0.2) is 0 Å². The van der Waals surface area contributed by atoms with Gasteiger partial charge in [0.2, 0.25) is 5.91 Å². The molecule has 0 rings (SSSR count). The Morgan fingerprint density at radius 3 is 2.10 bits per heavy atom. The maximum absolute atomic E-state index is 10.1. The van der Waals surface area contributed by atoms with Crippen molar-refractivity contribution < 1.29 is 14.7 Å². The SMILES string of the molecule is CC(=O)NNNNC(=O)O. The molecule has 2 amide bonds. The fourth-order valence-corrected chi connectivity index (χ4v) is 0.204. The van der Waals surface area contributed by atoms with Gasteiger partial charge in [-0.2, -0.15) is 5.53 Å². The second-order valence-corrected chi connectivity index (χ2v) is 1.36. The highest BCUT2D eigenvalue weighted by molar-refractivity contribution is 5.72. The van der Waals surface area contributed by atoms with Gasteiger partial charge in [0, 0.05) is 6.92 Å². The van der Waals surface area contributed by atoms with Gasteiger partial charge in [-0.15, -0.1) is 5.53 Å². The van der Waals surface area contributed by atoms with Crippen molar-refractivity contribution in [3.05, 3.63) is 0 Å². The number of hydrogen-bond acceptors (Lipinski definition) is 4. The van der Waals surface area contributed by atoms with Crippen LogP contribution >= 0.6 is 0 Å². The Balaban J connectivity index is 3.06. The minimum Gasteiger partial charge on any atom is -0.464 e. The number of rotatable bonds is 3. The van der Waals surface area contributed by atoms with Gasteiger partial charge < -0.3 is 5.11 Å². The molecule has 0 aromatic heterocycles. The van der Waals surface area contributed by atoms with Crippen molar-refractivity contribution in [3.63, 3.8) is 0 Å². The molecule has 5 N–H and O–H groups in total. The third kappa shape index (κ3) is 6.66. The van der Waals surface area contributed by atoms with Crippen molar-refractivity contribution in [1.82, 2.24) is 21.9 Å². The molecule has 0 spiro atoms. The molecule has 0 bridgehead atoms. The molecule has 0 atom stereocenters. The molecule has 0 heterocycles. The van der Waals surface area contributed by atoms with Crippen LogP contribution in [-0.4, -0.2) is 17.1 Å². The first-order valence-corrected chi connectivity index (χ1v) is 2.38. The van der Waals surface area contributed by atoms with Crippen molar-refractivity contribution in [3.8, 4) is 0 Å². The van der Waals surface area contributed by atoms with Crippen LogP contribution in [0.2, 0.25) is 0 Å². The van der Waals surface area contributed by atoms with Gasteiger partial charge in [-0.1, -0.05) is 0 Å². The van der Waals surface area contributed by atoms with E-state index >= 15 is 0 Å². The topological polar surface area (TPSA) is 102 Å². The lowest BCUT2D eigenvalue weighted by Crippen LogP contribution is -2.53. The van der Waals surface area contributed by atoms with E-state index in [9.17, 15) is 9.59 Å². The van der Waals surface area contributed by atoms with Crippen LogP contribution in [0.25, 0.3) is 0 Å². The predicted molar refractivity (Wildman–Crippen MR) is 31.2 cm³/mol. The predicted octanol–water partition coefficient (Wildman–Crippen LogP) is -1.69. The number of nitrogens with one attached hydrogen (secondary N) is 4. The number of carbonyl (C=O) groups excluding carboxylic acids is 1. The Kier molecular flexibility index (Phi) is 3.92. The first kappa shape index (κ1) is 8.66. The van der Waals surface area contributed by atoms with Crippen molar-refractivity contribution >= 4 is 12.0 Å². The Labute approximate surface area is 56.7 Å². The van der Waals surface area contributed by atoms with Gasteiger partial charge >= 0.3 is 6.09 Å². The summed E-state index contributed by atoms with van der Waals surface area (Å²) >= 11 is 0. The minimum atomic E-state index is -1.25. The summed E-state index contributed by atoms with van der Waals surface area (Å²) in [4.78, 5) is 19.8. The molecule has 0 fully saturated rings. The third-order valence-electron chi connectivity index (χ3n) is 0.470. The first-order valence-electron chi connectivity index (χ1n) is 2.38. The van der Waals surface area contributed by atoms with Crippen LogP contribution in [0, 0.1) is 0 Å². The van der Waals surface area contributed by atoms with Crippen molar-refractivity contribution in [2.24, 2.45) is 0 Å². The third-order valence-corrected chi connectivity index (χ3v) is 0.470. The van der Waals surface area contributed by atoms with Crippen LogP contribution in [0.3, 0.4) is 0 Å². The highest BCUT2D eigenvalue weighted by atomic mass is 16.4. The zero-order chi connectivity index (χ0) is 7.98. The van der Waals surface area contributed by atoms with Crippen molar-refractivity contribution in [1.29, 1.82) is 0 Å². The van der Waals surface area contributed by atoms with Crippen LogP contribution in [0.4, 0.5) is 4.79 Å².